The van der Waals surface area contributed by atoms with Crippen LogP contribution in [0, 0.1) is 11.3 Å². The van der Waals surface area contributed by atoms with Gasteiger partial charge in [0.15, 0.2) is 0 Å². The lowest BCUT2D eigenvalue weighted by Crippen LogP contribution is -2.28. The fraction of sp³-hybridized carbons (Fsp3) is 0.300. The molecule has 98 valence electrons. The van der Waals surface area contributed by atoms with Crippen LogP contribution in [0.4, 0.5) is 18.9 Å². The standard InChI is InChI=1S/C10H8Cl2F3N3/c11-7(4-16)5-17-18-9-2-1-6(3-8(9)12)10(13,14)15/h1-3,7,17-18H,5H2. The zero-order chi connectivity index (χ0) is 13.8. The highest BCUT2D eigenvalue weighted by atomic mass is 35.5. The predicted molar refractivity (Wildman–Crippen MR) is 63.3 cm³/mol. The van der Waals surface area contributed by atoms with Gasteiger partial charge >= 0.3 is 6.18 Å². The van der Waals surface area contributed by atoms with E-state index in [4.69, 9.17) is 28.5 Å². The van der Waals surface area contributed by atoms with E-state index in [1.165, 1.54) is 6.07 Å². The van der Waals surface area contributed by atoms with Crippen LogP contribution < -0.4 is 10.9 Å². The highest BCUT2D eigenvalue weighted by Crippen LogP contribution is 2.33. The highest BCUT2D eigenvalue weighted by Gasteiger charge is 2.30. The number of hydrazine groups is 1. The molecule has 1 rings (SSSR count). The number of nitrogens with zero attached hydrogens (tertiary/aromatic N) is 1. The third kappa shape index (κ3) is 4.26. The van der Waals surface area contributed by atoms with E-state index in [0.717, 1.165) is 12.1 Å². The Kier molecular flexibility index (Phi) is 5.08. The molecule has 3 nitrogen and oxygen atoms in total. The van der Waals surface area contributed by atoms with Crippen LogP contribution in [-0.2, 0) is 6.18 Å². The van der Waals surface area contributed by atoms with E-state index in [9.17, 15) is 13.2 Å². The summed E-state index contributed by atoms with van der Waals surface area (Å²) in [6.07, 6.45) is -4.43. The average molecular weight is 298 g/mol. The molecule has 0 aliphatic heterocycles. The summed E-state index contributed by atoms with van der Waals surface area (Å²) in [5.41, 5.74) is 4.59. The SMILES string of the molecule is N#CC(Cl)CNNc1ccc(C(F)(F)F)cc1Cl. The second kappa shape index (κ2) is 6.14. The summed E-state index contributed by atoms with van der Waals surface area (Å²) in [6, 6.07) is 4.68. The van der Waals surface area contributed by atoms with E-state index in [-0.39, 0.29) is 17.3 Å². The zero-order valence-corrected chi connectivity index (χ0v) is 10.4. The lowest BCUT2D eigenvalue weighted by atomic mass is 10.2. The van der Waals surface area contributed by atoms with Crippen LogP contribution in [0.15, 0.2) is 18.2 Å². The molecule has 1 atom stereocenters. The number of benzene rings is 1. The van der Waals surface area contributed by atoms with Gasteiger partial charge in [0.2, 0.25) is 0 Å². The fourth-order valence-electron chi connectivity index (χ4n) is 1.07. The molecule has 0 amide bonds. The topological polar surface area (TPSA) is 47.9 Å². The number of hydrogen-bond acceptors (Lipinski definition) is 3. The Labute approximate surface area is 111 Å². The van der Waals surface area contributed by atoms with Gasteiger partial charge < -0.3 is 5.43 Å². The summed E-state index contributed by atoms with van der Waals surface area (Å²) in [5, 5.41) is 7.58. The van der Waals surface area contributed by atoms with Crippen molar-refractivity contribution in [1.82, 2.24) is 5.43 Å². The van der Waals surface area contributed by atoms with Gasteiger partial charge in [-0.2, -0.15) is 18.4 Å². The Morgan fingerprint density at radius 3 is 2.56 bits per heavy atom. The maximum Gasteiger partial charge on any atom is 0.416 e. The second-order valence-corrected chi connectivity index (χ2v) is 4.23. The van der Waals surface area contributed by atoms with Crippen LogP contribution in [-0.4, -0.2) is 11.9 Å². The summed E-state index contributed by atoms with van der Waals surface area (Å²) < 4.78 is 37.1. The van der Waals surface area contributed by atoms with Gasteiger partial charge in [-0.05, 0) is 18.2 Å². The van der Waals surface area contributed by atoms with Crippen LogP contribution >= 0.6 is 23.2 Å². The first-order valence-corrected chi connectivity index (χ1v) is 5.55. The first kappa shape index (κ1) is 14.9. The molecule has 0 aliphatic carbocycles. The highest BCUT2D eigenvalue weighted by molar-refractivity contribution is 6.33. The van der Waals surface area contributed by atoms with Crippen molar-refractivity contribution in [3.05, 3.63) is 28.8 Å². The van der Waals surface area contributed by atoms with Gasteiger partial charge in [0.25, 0.3) is 0 Å². The molecule has 2 N–H and O–H groups in total. The summed E-state index contributed by atoms with van der Waals surface area (Å²) in [4.78, 5) is 0. The van der Waals surface area contributed by atoms with E-state index in [0.29, 0.717) is 0 Å². The Morgan fingerprint density at radius 1 is 1.39 bits per heavy atom. The molecule has 0 aromatic heterocycles. The molecule has 0 saturated heterocycles. The normalized spacial score (nSPS) is 12.9. The number of alkyl halides is 4. The molecule has 1 aromatic rings. The van der Waals surface area contributed by atoms with Crippen LogP contribution in [0.2, 0.25) is 5.02 Å². The molecule has 0 bridgehead atoms. The lowest BCUT2D eigenvalue weighted by Gasteiger charge is -2.12. The van der Waals surface area contributed by atoms with Crippen LogP contribution in [0.5, 0.6) is 0 Å². The van der Waals surface area contributed by atoms with Crippen molar-refractivity contribution < 1.29 is 13.2 Å². The smallest absolute Gasteiger partial charge is 0.320 e. The molecule has 18 heavy (non-hydrogen) atoms. The molecule has 0 saturated carbocycles. The fourth-order valence-corrected chi connectivity index (χ4v) is 1.38. The summed E-state index contributed by atoms with van der Waals surface area (Å²) in [7, 11) is 0. The lowest BCUT2D eigenvalue weighted by molar-refractivity contribution is -0.137. The number of anilines is 1. The number of nitrogens with one attached hydrogen (secondary N) is 2. The number of halogens is 5. The van der Waals surface area contributed by atoms with Gasteiger partial charge in [0.1, 0.15) is 5.38 Å². The summed E-state index contributed by atoms with van der Waals surface area (Å²) >= 11 is 11.2. The van der Waals surface area contributed by atoms with Crippen molar-refractivity contribution in [2.24, 2.45) is 0 Å². The summed E-state index contributed by atoms with van der Waals surface area (Å²) in [5.74, 6) is 0. The van der Waals surface area contributed by atoms with Crippen molar-refractivity contribution in [3.63, 3.8) is 0 Å². The minimum atomic E-state index is -4.43. The van der Waals surface area contributed by atoms with E-state index < -0.39 is 17.1 Å². The van der Waals surface area contributed by atoms with Crippen LogP contribution in [0.1, 0.15) is 5.56 Å². The maximum atomic E-state index is 12.4. The monoisotopic (exact) mass is 297 g/mol. The Morgan fingerprint density at radius 2 is 2.06 bits per heavy atom. The van der Waals surface area contributed by atoms with E-state index in [1.54, 1.807) is 6.07 Å². The quantitative estimate of drug-likeness (QED) is 0.661. The zero-order valence-electron chi connectivity index (χ0n) is 8.85. The average Bonchev–Trinajstić information content (AvgIpc) is 2.29. The largest absolute Gasteiger partial charge is 0.416 e. The molecule has 8 heteroatoms. The molecule has 1 aromatic carbocycles. The number of hydrogen-bond donors (Lipinski definition) is 2. The molecular formula is C10H8Cl2F3N3. The van der Waals surface area contributed by atoms with E-state index in [2.05, 4.69) is 10.9 Å². The Hall–Kier alpha value is -1.16. The van der Waals surface area contributed by atoms with Gasteiger partial charge in [-0.15, -0.1) is 11.6 Å². The van der Waals surface area contributed by atoms with Gasteiger partial charge in [-0.3, -0.25) is 0 Å². The maximum absolute atomic E-state index is 12.4. The molecule has 0 aliphatic rings. The number of nitriles is 1. The first-order chi connectivity index (χ1) is 8.34. The molecule has 0 spiro atoms. The van der Waals surface area contributed by atoms with Crippen molar-refractivity contribution in [3.8, 4) is 6.07 Å². The number of rotatable bonds is 4. The van der Waals surface area contributed by atoms with Crippen molar-refractivity contribution >= 4 is 28.9 Å². The molecule has 0 radical (unpaired) electrons. The van der Waals surface area contributed by atoms with Gasteiger partial charge in [-0.25, -0.2) is 5.43 Å². The Balaban J connectivity index is 2.67. The minimum absolute atomic E-state index is 0.0830. The van der Waals surface area contributed by atoms with E-state index >= 15 is 0 Å². The van der Waals surface area contributed by atoms with Crippen LogP contribution in [0.3, 0.4) is 0 Å². The van der Waals surface area contributed by atoms with E-state index in [1.807, 2.05) is 0 Å². The minimum Gasteiger partial charge on any atom is -0.320 e. The van der Waals surface area contributed by atoms with Gasteiger partial charge in [0.05, 0.1) is 22.3 Å². The van der Waals surface area contributed by atoms with Crippen molar-refractivity contribution in [2.45, 2.75) is 11.6 Å². The third-order valence-electron chi connectivity index (χ3n) is 1.94. The first-order valence-electron chi connectivity index (χ1n) is 4.74. The van der Waals surface area contributed by atoms with Crippen molar-refractivity contribution in [1.29, 1.82) is 5.26 Å². The Bertz CT molecular complexity index is 457. The molecule has 0 fully saturated rings. The van der Waals surface area contributed by atoms with Gasteiger partial charge in [0, 0.05) is 6.54 Å². The van der Waals surface area contributed by atoms with Gasteiger partial charge in [-0.1, -0.05) is 11.6 Å². The predicted octanol–water partition coefficient (Wildman–Crippen LogP) is 3.41. The second-order valence-electron chi connectivity index (χ2n) is 3.29. The molecule has 0 heterocycles. The third-order valence-corrected chi connectivity index (χ3v) is 2.51. The van der Waals surface area contributed by atoms with Crippen molar-refractivity contribution in [2.75, 3.05) is 12.0 Å². The summed E-state index contributed by atoms with van der Waals surface area (Å²) in [6.45, 7) is 0.120. The van der Waals surface area contributed by atoms with Crippen LogP contribution in [0.25, 0.3) is 0 Å². The molecule has 1 unspecified atom stereocenters. The molecular weight excluding hydrogens is 290 g/mol.